The van der Waals surface area contributed by atoms with Gasteiger partial charge in [0.05, 0.1) is 11.3 Å². The van der Waals surface area contributed by atoms with Crippen LogP contribution in [0.4, 0.5) is 0 Å². The monoisotopic (exact) mass is 238 g/mol. The molecular formula is C10H11BrN2. The van der Waals surface area contributed by atoms with Crippen molar-refractivity contribution in [3.8, 4) is 6.07 Å². The summed E-state index contributed by atoms with van der Waals surface area (Å²) in [4.78, 5) is 4.25. The van der Waals surface area contributed by atoms with Gasteiger partial charge in [-0.15, -0.1) is 0 Å². The third-order valence-electron chi connectivity index (χ3n) is 1.68. The van der Waals surface area contributed by atoms with E-state index in [0.717, 1.165) is 10.2 Å². The lowest BCUT2D eigenvalue weighted by atomic mass is 9.91. The molecule has 1 aromatic rings. The van der Waals surface area contributed by atoms with Gasteiger partial charge in [0.25, 0.3) is 0 Å². The molecule has 13 heavy (non-hydrogen) atoms. The highest BCUT2D eigenvalue weighted by Gasteiger charge is 2.18. The van der Waals surface area contributed by atoms with Gasteiger partial charge < -0.3 is 0 Å². The smallest absolute Gasteiger partial charge is 0.101 e. The molecule has 0 aliphatic heterocycles. The molecule has 0 amide bonds. The van der Waals surface area contributed by atoms with Crippen molar-refractivity contribution in [1.29, 1.82) is 5.26 Å². The van der Waals surface area contributed by atoms with E-state index in [1.807, 2.05) is 0 Å². The molecule has 0 aliphatic rings. The Kier molecular flexibility index (Phi) is 2.72. The van der Waals surface area contributed by atoms with Crippen molar-refractivity contribution < 1.29 is 0 Å². The van der Waals surface area contributed by atoms with E-state index in [2.05, 4.69) is 47.8 Å². The Balaban J connectivity index is 3.23. The molecule has 0 saturated heterocycles. The normalized spacial score (nSPS) is 11.0. The van der Waals surface area contributed by atoms with Crippen LogP contribution < -0.4 is 0 Å². The van der Waals surface area contributed by atoms with E-state index in [-0.39, 0.29) is 5.41 Å². The van der Waals surface area contributed by atoms with Gasteiger partial charge >= 0.3 is 0 Å². The third-order valence-corrected chi connectivity index (χ3v) is 2.29. The number of nitriles is 1. The van der Waals surface area contributed by atoms with Crippen LogP contribution in [0.25, 0.3) is 0 Å². The van der Waals surface area contributed by atoms with Gasteiger partial charge in [0, 0.05) is 16.1 Å². The molecule has 0 saturated carbocycles. The van der Waals surface area contributed by atoms with Crippen LogP contribution in [-0.2, 0) is 5.41 Å². The molecule has 1 aromatic heterocycles. The molecule has 1 rings (SSSR count). The molecule has 0 aliphatic carbocycles. The topological polar surface area (TPSA) is 36.7 Å². The van der Waals surface area contributed by atoms with Crippen LogP contribution in [0.2, 0.25) is 0 Å². The van der Waals surface area contributed by atoms with Crippen molar-refractivity contribution >= 4 is 15.9 Å². The van der Waals surface area contributed by atoms with Gasteiger partial charge in [0.1, 0.15) is 6.07 Å². The van der Waals surface area contributed by atoms with E-state index in [1.165, 1.54) is 0 Å². The molecule has 0 atom stereocenters. The van der Waals surface area contributed by atoms with Crippen LogP contribution >= 0.6 is 15.9 Å². The van der Waals surface area contributed by atoms with Crippen LogP contribution in [0.15, 0.2) is 16.7 Å². The molecule has 0 spiro atoms. The number of rotatable bonds is 0. The van der Waals surface area contributed by atoms with Crippen LogP contribution in [0.1, 0.15) is 32.0 Å². The lowest BCUT2D eigenvalue weighted by molar-refractivity contribution is 0.565. The molecule has 0 unspecified atom stereocenters. The van der Waals surface area contributed by atoms with Crippen LogP contribution in [0.5, 0.6) is 0 Å². The minimum Gasteiger partial charge on any atom is -0.258 e. The summed E-state index contributed by atoms with van der Waals surface area (Å²) in [5.41, 5.74) is 1.57. The summed E-state index contributed by atoms with van der Waals surface area (Å²) in [6, 6.07) is 3.85. The summed E-state index contributed by atoms with van der Waals surface area (Å²) in [6.45, 7) is 6.27. The van der Waals surface area contributed by atoms with E-state index in [9.17, 15) is 0 Å². The zero-order valence-electron chi connectivity index (χ0n) is 7.93. The third kappa shape index (κ3) is 2.28. The van der Waals surface area contributed by atoms with Crippen molar-refractivity contribution in [2.75, 3.05) is 0 Å². The Morgan fingerprint density at radius 2 is 2.08 bits per heavy atom. The molecule has 0 bridgehead atoms. The highest BCUT2D eigenvalue weighted by molar-refractivity contribution is 9.10. The van der Waals surface area contributed by atoms with Crippen molar-refractivity contribution in [3.05, 3.63) is 28.0 Å². The fourth-order valence-electron chi connectivity index (χ4n) is 1.05. The standard InChI is InChI=1S/C10H11BrN2/c1-10(2,3)9-8(11)4-7(5-12)6-13-9/h4,6H,1-3H3. The Bertz CT molecular complexity index is 358. The largest absolute Gasteiger partial charge is 0.258 e. The van der Waals surface area contributed by atoms with Gasteiger partial charge in [0.15, 0.2) is 0 Å². The second-order valence-electron chi connectivity index (χ2n) is 3.92. The summed E-state index contributed by atoms with van der Waals surface area (Å²) in [6.07, 6.45) is 1.60. The quantitative estimate of drug-likeness (QED) is 0.697. The van der Waals surface area contributed by atoms with Gasteiger partial charge in [-0.25, -0.2) is 0 Å². The van der Waals surface area contributed by atoms with Crippen LogP contribution in [0.3, 0.4) is 0 Å². The molecule has 2 nitrogen and oxygen atoms in total. The maximum absolute atomic E-state index is 8.64. The number of nitrogens with zero attached hydrogens (tertiary/aromatic N) is 2. The minimum absolute atomic E-state index is 0.00676. The van der Waals surface area contributed by atoms with Gasteiger partial charge in [-0.1, -0.05) is 20.8 Å². The van der Waals surface area contributed by atoms with Crippen molar-refractivity contribution in [2.45, 2.75) is 26.2 Å². The molecule has 0 radical (unpaired) electrons. The first-order valence-electron chi connectivity index (χ1n) is 4.01. The summed E-state index contributed by atoms with van der Waals surface area (Å²) < 4.78 is 0.902. The fraction of sp³-hybridized carbons (Fsp3) is 0.400. The molecule has 1 heterocycles. The van der Waals surface area contributed by atoms with E-state index in [4.69, 9.17) is 5.26 Å². The average Bonchev–Trinajstić information content (AvgIpc) is 2.01. The van der Waals surface area contributed by atoms with Crippen molar-refractivity contribution in [2.24, 2.45) is 0 Å². The Labute approximate surface area is 86.7 Å². The van der Waals surface area contributed by atoms with E-state index in [0.29, 0.717) is 5.56 Å². The van der Waals surface area contributed by atoms with Crippen molar-refractivity contribution in [3.63, 3.8) is 0 Å². The van der Waals surface area contributed by atoms with E-state index in [1.54, 1.807) is 12.3 Å². The average molecular weight is 239 g/mol. The van der Waals surface area contributed by atoms with Gasteiger partial charge in [-0.05, 0) is 22.0 Å². The summed E-state index contributed by atoms with van der Waals surface area (Å²) in [5, 5.41) is 8.64. The zero-order chi connectivity index (χ0) is 10.1. The van der Waals surface area contributed by atoms with Crippen LogP contribution in [-0.4, -0.2) is 4.98 Å². The molecule has 68 valence electrons. The predicted molar refractivity (Wildman–Crippen MR) is 55.4 cm³/mol. The lowest BCUT2D eigenvalue weighted by Crippen LogP contribution is -2.14. The van der Waals surface area contributed by atoms with Crippen LogP contribution in [0, 0.1) is 11.3 Å². The molecule has 3 heteroatoms. The number of hydrogen-bond donors (Lipinski definition) is 0. The SMILES string of the molecule is CC(C)(C)c1ncc(C#N)cc1Br. The summed E-state index contributed by atoms with van der Waals surface area (Å²) in [7, 11) is 0. The number of halogens is 1. The molecule has 0 fully saturated rings. The highest BCUT2D eigenvalue weighted by Crippen LogP contribution is 2.27. The molecule has 0 N–H and O–H groups in total. The summed E-state index contributed by atoms with van der Waals surface area (Å²) >= 11 is 3.41. The van der Waals surface area contributed by atoms with Gasteiger partial charge in [-0.2, -0.15) is 5.26 Å². The first-order chi connectivity index (χ1) is 5.95. The molecule has 0 aromatic carbocycles. The van der Waals surface area contributed by atoms with Gasteiger partial charge in [-0.3, -0.25) is 4.98 Å². The maximum Gasteiger partial charge on any atom is 0.101 e. The maximum atomic E-state index is 8.64. The lowest BCUT2D eigenvalue weighted by Gasteiger charge is -2.18. The van der Waals surface area contributed by atoms with E-state index >= 15 is 0 Å². The van der Waals surface area contributed by atoms with Crippen molar-refractivity contribution in [1.82, 2.24) is 4.98 Å². The summed E-state index contributed by atoms with van der Waals surface area (Å²) in [5.74, 6) is 0. The second kappa shape index (κ2) is 3.47. The molecular weight excluding hydrogens is 228 g/mol. The first-order valence-corrected chi connectivity index (χ1v) is 4.80. The predicted octanol–water partition coefficient (Wildman–Crippen LogP) is 3.01. The Morgan fingerprint density at radius 1 is 1.46 bits per heavy atom. The van der Waals surface area contributed by atoms with Gasteiger partial charge in [0.2, 0.25) is 0 Å². The Morgan fingerprint density at radius 3 is 2.46 bits per heavy atom. The Hall–Kier alpha value is -0.880. The zero-order valence-corrected chi connectivity index (χ0v) is 9.51. The number of pyridine rings is 1. The van der Waals surface area contributed by atoms with E-state index < -0.39 is 0 Å². The highest BCUT2D eigenvalue weighted by atomic mass is 79.9. The fourth-order valence-corrected chi connectivity index (χ4v) is 1.99. The first kappa shape index (κ1) is 10.2. The minimum atomic E-state index is 0.00676. The number of aromatic nitrogens is 1. The second-order valence-corrected chi connectivity index (χ2v) is 4.77. The number of hydrogen-bond acceptors (Lipinski definition) is 2.